The lowest BCUT2D eigenvalue weighted by Crippen LogP contribution is -2.11. The minimum Gasteiger partial charge on any atom is -0.478 e. The molecule has 0 unspecified atom stereocenters. The number of carboxylic acid groups (broad SMARTS) is 1. The number of nitriles is 1. The second-order valence-corrected chi connectivity index (χ2v) is 9.19. The number of carbonyl (C=O) groups is 1. The summed E-state index contributed by atoms with van der Waals surface area (Å²) >= 11 is 0. The molecule has 1 fully saturated rings. The fourth-order valence-electron chi connectivity index (χ4n) is 6.05. The van der Waals surface area contributed by atoms with E-state index in [0.717, 1.165) is 47.1 Å². The van der Waals surface area contributed by atoms with Crippen LogP contribution in [0.5, 0.6) is 0 Å². The Hall–Kier alpha value is -3.52. The minimum absolute atomic E-state index is 0.336. The fraction of sp³-hybridized carbons (Fsp3) is 0.333. The van der Waals surface area contributed by atoms with Crippen LogP contribution in [0.15, 0.2) is 42.6 Å². The molecule has 1 aliphatic heterocycles. The average Bonchev–Trinajstić information content (AvgIpc) is 3.33. The molecule has 0 saturated heterocycles. The van der Waals surface area contributed by atoms with Crippen LogP contribution in [-0.2, 0) is 13.1 Å². The van der Waals surface area contributed by atoms with Crippen molar-refractivity contribution in [1.29, 1.82) is 5.26 Å². The molecule has 0 atom stereocenters. The van der Waals surface area contributed by atoms with Crippen LogP contribution in [0.2, 0.25) is 0 Å². The van der Waals surface area contributed by atoms with E-state index in [1.165, 1.54) is 48.7 Å². The molecule has 0 amide bonds. The molecule has 0 spiro atoms. The third-order valence-electron chi connectivity index (χ3n) is 7.42. The predicted octanol–water partition coefficient (Wildman–Crippen LogP) is 6.28. The van der Waals surface area contributed by atoms with Crippen molar-refractivity contribution in [1.82, 2.24) is 9.13 Å². The van der Waals surface area contributed by atoms with Crippen LogP contribution in [-0.4, -0.2) is 20.2 Å². The van der Waals surface area contributed by atoms with Gasteiger partial charge in [0.2, 0.25) is 0 Å². The van der Waals surface area contributed by atoms with E-state index in [2.05, 4.69) is 27.3 Å². The zero-order valence-corrected chi connectivity index (χ0v) is 18.0. The first-order valence-electron chi connectivity index (χ1n) is 11.6. The Kier molecular flexibility index (Phi) is 4.36. The maximum atomic E-state index is 11.8. The molecule has 2 aromatic heterocycles. The Bertz CT molecular complexity index is 1430. The number of para-hydroxylation sites is 1. The molecule has 5 nitrogen and oxygen atoms in total. The van der Waals surface area contributed by atoms with E-state index in [0.29, 0.717) is 11.5 Å². The normalized spacial score (nSPS) is 16.5. The first kappa shape index (κ1) is 19.2. The Labute approximate surface area is 186 Å². The van der Waals surface area contributed by atoms with E-state index in [1.54, 1.807) is 6.07 Å². The lowest BCUT2D eigenvalue weighted by molar-refractivity contribution is 0.0697. The van der Waals surface area contributed by atoms with Gasteiger partial charge < -0.3 is 14.2 Å². The van der Waals surface area contributed by atoms with Gasteiger partial charge in [-0.05, 0) is 42.9 Å². The van der Waals surface area contributed by atoms with E-state index in [1.807, 2.05) is 24.4 Å². The van der Waals surface area contributed by atoms with Gasteiger partial charge in [0.1, 0.15) is 6.07 Å². The number of aromatic nitrogens is 2. The molecule has 6 rings (SSSR count). The van der Waals surface area contributed by atoms with Gasteiger partial charge in [0.25, 0.3) is 0 Å². The summed E-state index contributed by atoms with van der Waals surface area (Å²) < 4.78 is 4.61. The van der Waals surface area contributed by atoms with Crippen molar-refractivity contribution in [2.45, 2.75) is 57.5 Å². The van der Waals surface area contributed by atoms with Crippen molar-refractivity contribution in [3.8, 4) is 17.3 Å². The lowest BCUT2D eigenvalue weighted by Gasteiger charge is -2.25. The maximum absolute atomic E-state index is 11.8. The topological polar surface area (TPSA) is 70.9 Å². The van der Waals surface area contributed by atoms with Gasteiger partial charge in [-0.3, -0.25) is 0 Å². The number of nitrogens with zero attached hydrogens (tertiary/aromatic N) is 3. The van der Waals surface area contributed by atoms with Gasteiger partial charge in [0, 0.05) is 41.1 Å². The summed E-state index contributed by atoms with van der Waals surface area (Å²) in [6.07, 6.45) is 9.04. The molecule has 1 N–H and O–H groups in total. The molecular formula is C27H25N3O2. The molecule has 0 radical (unpaired) electrons. The van der Waals surface area contributed by atoms with Gasteiger partial charge in [0.05, 0.1) is 22.3 Å². The smallest absolute Gasteiger partial charge is 0.335 e. The van der Waals surface area contributed by atoms with Crippen LogP contribution in [0.3, 0.4) is 0 Å². The number of aromatic carboxylic acids is 1. The van der Waals surface area contributed by atoms with E-state index in [4.69, 9.17) is 0 Å². The molecule has 1 aliphatic carbocycles. The largest absolute Gasteiger partial charge is 0.478 e. The van der Waals surface area contributed by atoms with Crippen LogP contribution < -0.4 is 0 Å². The molecule has 32 heavy (non-hydrogen) atoms. The number of fused-ring (bicyclic) bond motifs is 4. The zero-order chi connectivity index (χ0) is 21.8. The maximum Gasteiger partial charge on any atom is 0.335 e. The van der Waals surface area contributed by atoms with E-state index < -0.39 is 5.97 Å². The highest BCUT2D eigenvalue weighted by Gasteiger charge is 2.29. The van der Waals surface area contributed by atoms with Crippen molar-refractivity contribution < 1.29 is 9.90 Å². The van der Waals surface area contributed by atoms with Gasteiger partial charge in [-0.2, -0.15) is 5.26 Å². The lowest BCUT2D eigenvalue weighted by atomic mass is 9.81. The van der Waals surface area contributed by atoms with E-state index >= 15 is 0 Å². The van der Waals surface area contributed by atoms with Crippen molar-refractivity contribution in [2.75, 3.05) is 0 Å². The summed E-state index contributed by atoms with van der Waals surface area (Å²) in [6.45, 7) is 1.67. The minimum atomic E-state index is -0.887. The summed E-state index contributed by atoms with van der Waals surface area (Å²) in [4.78, 5) is 11.8. The molecule has 3 heterocycles. The van der Waals surface area contributed by atoms with Crippen molar-refractivity contribution in [3.63, 3.8) is 0 Å². The van der Waals surface area contributed by atoms with Crippen molar-refractivity contribution in [2.24, 2.45) is 0 Å². The highest BCUT2D eigenvalue weighted by Crippen LogP contribution is 2.46. The van der Waals surface area contributed by atoms with Gasteiger partial charge in [-0.25, -0.2) is 4.79 Å². The quantitative estimate of drug-likeness (QED) is 0.412. The van der Waals surface area contributed by atoms with Gasteiger partial charge in [-0.1, -0.05) is 43.5 Å². The number of rotatable bonds is 2. The van der Waals surface area contributed by atoms with Crippen molar-refractivity contribution in [3.05, 3.63) is 59.3 Å². The Balaban J connectivity index is 1.74. The number of benzene rings is 2. The molecule has 4 aromatic rings. The third-order valence-corrected chi connectivity index (χ3v) is 7.42. The van der Waals surface area contributed by atoms with Gasteiger partial charge in [0.15, 0.2) is 0 Å². The van der Waals surface area contributed by atoms with Crippen LogP contribution in [0, 0.1) is 11.3 Å². The van der Waals surface area contributed by atoms with Crippen LogP contribution in [0.25, 0.3) is 33.1 Å². The Morgan fingerprint density at radius 1 is 1.03 bits per heavy atom. The first-order valence-corrected chi connectivity index (χ1v) is 11.6. The van der Waals surface area contributed by atoms with Crippen LogP contribution in [0.4, 0.5) is 0 Å². The average molecular weight is 424 g/mol. The summed E-state index contributed by atoms with van der Waals surface area (Å²) in [7, 11) is 0. The molecule has 160 valence electrons. The summed E-state index contributed by atoms with van der Waals surface area (Å²) in [6, 6.07) is 14.3. The second-order valence-electron chi connectivity index (χ2n) is 9.19. The summed E-state index contributed by atoms with van der Waals surface area (Å²) in [5.41, 5.74) is 6.97. The molecule has 2 aromatic carbocycles. The first-order chi connectivity index (χ1) is 15.7. The van der Waals surface area contributed by atoms with Crippen LogP contribution in [0.1, 0.15) is 65.9 Å². The highest BCUT2D eigenvalue weighted by molar-refractivity contribution is 6.03. The summed E-state index contributed by atoms with van der Waals surface area (Å²) in [5.74, 6) is -0.408. The summed E-state index contributed by atoms with van der Waals surface area (Å²) in [5, 5.41) is 21.6. The van der Waals surface area contributed by atoms with Crippen molar-refractivity contribution >= 4 is 27.8 Å². The van der Waals surface area contributed by atoms with Gasteiger partial charge >= 0.3 is 5.97 Å². The monoisotopic (exact) mass is 423 g/mol. The molecule has 1 saturated carbocycles. The van der Waals surface area contributed by atoms with Crippen LogP contribution >= 0.6 is 0 Å². The highest BCUT2D eigenvalue weighted by atomic mass is 16.4. The SMILES string of the molecule is N#Cc1cn2c3c(cccc13)-c1c(C3CCCCC3)c3ccc(C(=O)O)cc3n1CCC2. The molecular weight excluding hydrogens is 398 g/mol. The standard InChI is InChI=1S/C27H25N3O2/c28-15-19-16-29-12-5-13-30-23-14-18(27(31)32)10-11-21(23)24(17-6-2-1-3-7-17)26(30)22-9-4-8-20(19)25(22)29/h4,8-11,14,16-17H,1-3,5-7,12-13H2,(H,31,32). The molecule has 0 bridgehead atoms. The van der Waals surface area contributed by atoms with E-state index in [9.17, 15) is 15.2 Å². The number of aryl methyl sites for hydroxylation is 2. The fourth-order valence-corrected chi connectivity index (χ4v) is 6.05. The predicted molar refractivity (Wildman–Crippen MR) is 125 cm³/mol. The number of carboxylic acids is 1. The molecule has 5 heteroatoms. The number of hydrogen-bond acceptors (Lipinski definition) is 2. The Morgan fingerprint density at radius 2 is 1.88 bits per heavy atom. The van der Waals surface area contributed by atoms with Gasteiger partial charge in [-0.15, -0.1) is 0 Å². The number of hydrogen-bond donors (Lipinski definition) is 1. The molecule has 2 aliphatic rings. The second kappa shape index (κ2) is 7.27. The zero-order valence-electron chi connectivity index (χ0n) is 18.0. The van der Waals surface area contributed by atoms with E-state index in [-0.39, 0.29) is 0 Å². The third kappa shape index (κ3) is 2.72. The Morgan fingerprint density at radius 3 is 2.66 bits per heavy atom.